The molecule has 0 spiro atoms. The van der Waals surface area contributed by atoms with Gasteiger partial charge in [0.05, 0.1) is 19.0 Å². The molecule has 90 valence electrons. The Balaban J connectivity index is 4.18. The average Bonchev–Trinajstić information content (AvgIpc) is 2.15. The van der Waals surface area contributed by atoms with Gasteiger partial charge in [0.1, 0.15) is 0 Å². The molecule has 7 heteroatoms. The van der Waals surface area contributed by atoms with Crippen LogP contribution in [0, 0.1) is 0 Å². The standard InChI is InChI=1S/C8H18NO4PS/c1-5-12-14(11,13-6-2)15-7-8(10)9(3)4/h5-7H2,1-4H3. The van der Waals surface area contributed by atoms with Crippen LogP contribution in [0.2, 0.25) is 0 Å². The van der Waals surface area contributed by atoms with E-state index in [0.29, 0.717) is 13.2 Å². The lowest BCUT2D eigenvalue weighted by Gasteiger charge is -2.16. The number of carbonyl (C=O) groups excluding carboxylic acids is 1. The van der Waals surface area contributed by atoms with Gasteiger partial charge in [0.25, 0.3) is 0 Å². The molecular weight excluding hydrogens is 237 g/mol. The van der Waals surface area contributed by atoms with Crippen LogP contribution < -0.4 is 0 Å². The van der Waals surface area contributed by atoms with Crippen molar-refractivity contribution in [1.29, 1.82) is 0 Å². The summed E-state index contributed by atoms with van der Waals surface area (Å²) in [5.41, 5.74) is 0. The Morgan fingerprint density at radius 2 is 1.73 bits per heavy atom. The number of rotatable bonds is 7. The Kier molecular flexibility index (Phi) is 7.26. The smallest absolute Gasteiger partial charge is 0.348 e. The number of nitrogens with zero attached hydrogens (tertiary/aromatic N) is 1. The van der Waals surface area contributed by atoms with Crippen molar-refractivity contribution in [2.24, 2.45) is 0 Å². The fraction of sp³-hybridized carbons (Fsp3) is 0.875. The highest BCUT2D eigenvalue weighted by molar-refractivity contribution is 8.55. The van der Waals surface area contributed by atoms with E-state index >= 15 is 0 Å². The Morgan fingerprint density at radius 1 is 1.27 bits per heavy atom. The van der Waals surface area contributed by atoms with E-state index < -0.39 is 6.80 Å². The molecular formula is C8H18NO4PS. The third kappa shape index (κ3) is 6.20. The van der Waals surface area contributed by atoms with Crippen LogP contribution >= 0.6 is 18.2 Å². The van der Waals surface area contributed by atoms with Crippen LogP contribution in [0.3, 0.4) is 0 Å². The Labute approximate surface area is 94.8 Å². The quantitative estimate of drug-likeness (QED) is 0.651. The summed E-state index contributed by atoms with van der Waals surface area (Å²) in [4.78, 5) is 12.7. The molecule has 0 heterocycles. The summed E-state index contributed by atoms with van der Waals surface area (Å²) in [6.07, 6.45) is 0. The summed E-state index contributed by atoms with van der Waals surface area (Å²) in [6, 6.07) is 0. The van der Waals surface area contributed by atoms with Crippen molar-refractivity contribution in [1.82, 2.24) is 4.90 Å². The van der Waals surface area contributed by atoms with Gasteiger partial charge in [-0.1, -0.05) is 0 Å². The zero-order chi connectivity index (χ0) is 11.9. The van der Waals surface area contributed by atoms with Crippen LogP contribution in [-0.4, -0.2) is 43.9 Å². The number of carbonyl (C=O) groups is 1. The van der Waals surface area contributed by atoms with Crippen molar-refractivity contribution in [2.45, 2.75) is 13.8 Å². The second-order valence-corrected chi connectivity index (χ2v) is 6.92. The first-order chi connectivity index (χ1) is 6.95. The summed E-state index contributed by atoms with van der Waals surface area (Å²) in [7, 11) is 3.30. The fourth-order valence-corrected chi connectivity index (χ4v) is 3.96. The molecule has 0 aromatic rings. The van der Waals surface area contributed by atoms with E-state index in [1.54, 1.807) is 27.9 Å². The van der Waals surface area contributed by atoms with Gasteiger partial charge in [-0.2, -0.15) is 0 Å². The predicted molar refractivity (Wildman–Crippen MR) is 62.0 cm³/mol. The van der Waals surface area contributed by atoms with Crippen molar-refractivity contribution in [3.8, 4) is 0 Å². The zero-order valence-electron chi connectivity index (χ0n) is 9.56. The summed E-state index contributed by atoms with van der Waals surface area (Å²) in [6.45, 7) is 0.940. The maximum absolute atomic E-state index is 11.9. The summed E-state index contributed by atoms with van der Waals surface area (Å²) in [5, 5.41) is 0. The zero-order valence-corrected chi connectivity index (χ0v) is 11.3. The molecule has 0 fully saturated rings. The Hall–Kier alpha value is -0.0300. The second kappa shape index (κ2) is 7.28. The molecule has 0 N–H and O–H groups in total. The van der Waals surface area contributed by atoms with Crippen molar-refractivity contribution >= 4 is 24.1 Å². The second-order valence-electron chi connectivity index (χ2n) is 2.84. The summed E-state index contributed by atoms with van der Waals surface area (Å²) in [5.74, 6) is -0.00999. The van der Waals surface area contributed by atoms with Gasteiger partial charge in [0, 0.05) is 14.1 Å². The highest BCUT2D eigenvalue weighted by Crippen LogP contribution is 2.60. The monoisotopic (exact) mass is 255 g/mol. The van der Waals surface area contributed by atoms with Gasteiger partial charge in [-0.3, -0.25) is 4.79 Å². The first-order valence-corrected chi connectivity index (χ1v) is 7.82. The molecule has 0 aliphatic rings. The lowest BCUT2D eigenvalue weighted by molar-refractivity contribution is -0.125. The normalized spacial score (nSPS) is 11.5. The summed E-state index contributed by atoms with van der Waals surface area (Å²) < 4.78 is 21.9. The summed E-state index contributed by atoms with van der Waals surface area (Å²) >= 11 is 0.929. The first-order valence-electron chi connectivity index (χ1n) is 4.69. The third-order valence-corrected chi connectivity index (χ3v) is 5.23. The topological polar surface area (TPSA) is 55.8 Å². The van der Waals surface area contributed by atoms with Gasteiger partial charge in [0.15, 0.2) is 0 Å². The number of hydrogen-bond acceptors (Lipinski definition) is 5. The van der Waals surface area contributed by atoms with Crippen molar-refractivity contribution in [3.05, 3.63) is 0 Å². The van der Waals surface area contributed by atoms with Crippen LogP contribution in [-0.2, 0) is 18.4 Å². The highest BCUT2D eigenvalue weighted by atomic mass is 32.7. The van der Waals surface area contributed by atoms with Crippen LogP contribution in [0.4, 0.5) is 0 Å². The molecule has 5 nitrogen and oxygen atoms in total. The van der Waals surface area contributed by atoms with Crippen LogP contribution in [0.15, 0.2) is 0 Å². The minimum atomic E-state index is -3.14. The van der Waals surface area contributed by atoms with E-state index in [1.165, 1.54) is 4.90 Å². The number of hydrogen-bond donors (Lipinski definition) is 0. The van der Waals surface area contributed by atoms with E-state index in [2.05, 4.69) is 0 Å². The van der Waals surface area contributed by atoms with Gasteiger partial charge in [0.2, 0.25) is 5.91 Å². The molecule has 0 aromatic heterocycles. The SMILES string of the molecule is CCOP(=O)(OCC)SCC(=O)N(C)C. The van der Waals surface area contributed by atoms with Gasteiger partial charge in [-0.05, 0) is 25.2 Å². The lowest BCUT2D eigenvalue weighted by atomic mass is 10.6. The fourth-order valence-electron chi connectivity index (χ4n) is 0.691. The van der Waals surface area contributed by atoms with Crippen molar-refractivity contribution in [2.75, 3.05) is 33.1 Å². The van der Waals surface area contributed by atoms with Crippen molar-refractivity contribution < 1.29 is 18.4 Å². The average molecular weight is 255 g/mol. The van der Waals surface area contributed by atoms with E-state index in [4.69, 9.17) is 9.05 Å². The largest absolute Gasteiger partial charge is 0.389 e. The Bertz CT molecular complexity index is 237. The molecule has 0 unspecified atom stereocenters. The van der Waals surface area contributed by atoms with Gasteiger partial charge < -0.3 is 13.9 Å². The third-order valence-electron chi connectivity index (χ3n) is 1.42. The molecule has 0 radical (unpaired) electrons. The molecule has 1 amide bonds. The Morgan fingerprint density at radius 3 is 2.07 bits per heavy atom. The van der Waals surface area contributed by atoms with Crippen LogP contribution in [0.1, 0.15) is 13.8 Å². The van der Waals surface area contributed by atoms with Gasteiger partial charge >= 0.3 is 6.80 Å². The molecule has 0 bridgehead atoms. The maximum Gasteiger partial charge on any atom is 0.389 e. The van der Waals surface area contributed by atoms with Gasteiger partial charge in [-0.15, -0.1) is 0 Å². The lowest BCUT2D eigenvalue weighted by Crippen LogP contribution is -2.23. The minimum absolute atomic E-state index is 0.101. The van der Waals surface area contributed by atoms with E-state index in [0.717, 1.165) is 11.4 Å². The molecule has 0 atom stereocenters. The molecule has 0 aliphatic carbocycles. The molecule has 0 aromatic carbocycles. The van der Waals surface area contributed by atoms with Gasteiger partial charge in [-0.25, -0.2) is 4.57 Å². The molecule has 0 aliphatic heterocycles. The van der Waals surface area contributed by atoms with E-state index in [9.17, 15) is 9.36 Å². The predicted octanol–water partition coefficient (Wildman–Crippen LogP) is 1.99. The molecule has 0 saturated carbocycles. The minimum Gasteiger partial charge on any atom is -0.348 e. The van der Waals surface area contributed by atoms with Crippen LogP contribution in [0.25, 0.3) is 0 Å². The first kappa shape index (κ1) is 15.0. The van der Waals surface area contributed by atoms with E-state index in [-0.39, 0.29) is 11.7 Å². The molecule has 15 heavy (non-hydrogen) atoms. The number of amides is 1. The maximum atomic E-state index is 11.9. The highest BCUT2D eigenvalue weighted by Gasteiger charge is 2.26. The van der Waals surface area contributed by atoms with E-state index in [1.807, 2.05) is 0 Å². The van der Waals surface area contributed by atoms with Crippen molar-refractivity contribution in [3.63, 3.8) is 0 Å². The molecule has 0 rings (SSSR count). The van der Waals surface area contributed by atoms with Crippen LogP contribution in [0.5, 0.6) is 0 Å². The molecule has 0 saturated heterocycles.